The number of nitrogens with zero attached hydrogens (tertiary/aromatic N) is 1. The Kier molecular flexibility index (Phi) is 9.93. The van der Waals surface area contributed by atoms with Crippen molar-refractivity contribution in [2.45, 2.75) is 32.7 Å². The molecule has 0 aliphatic carbocycles. The number of pyridine rings is 1. The van der Waals surface area contributed by atoms with Crippen molar-refractivity contribution in [2.24, 2.45) is 5.92 Å². The summed E-state index contributed by atoms with van der Waals surface area (Å²) in [5, 5.41) is 12.1. The number of hydrogen-bond acceptors (Lipinski definition) is 6. The first-order valence-electron chi connectivity index (χ1n) is 9.90. The highest BCUT2D eigenvalue weighted by Gasteiger charge is 2.25. The average molecular weight is 415 g/mol. The zero-order valence-corrected chi connectivity index (χ0v) is 17.3. The van der Waals surface area contributed by atoms with Gasteiger partial charge in [0.25, 0.3) is 5.91 Å². The zero-order chi connectivity index (χ0) is 21.8. The molecule has 0 aliphatic heterocycles. The zero-order valence-electron chi connectivity index (χ0n) is 17.3. The summed E-state index contributed by atoms with van der Waals surface area (Å²) in [6, 6.07) is 12.5. The molecule has 30 heavy (non-hydrogen) atoms. The van der Waals surface area contributed by atoms with Gasteiger partial charge in [-0.25, -0.2) is 5.48 Å². The van der Waals surface area contributed by atoms with Gasteiger partial charge < -0.3 is 14.8 Å². The minimum Gasteiger partial charge on any atom is -0.356 e. The van der Waals surface area contributed by atoms with Gasteiger partial charge in [0.05, 0.1) is 18.2 Å². The normalized spacial score (nSPS) is 12.8. The van der Waals surface area contributed by atoms with Crippen LogP contribution in [0.2, 0.25) is 0 Å². The van der Waals surface area contributed by atoms with Crippen LogP contribution in [-0.4, -0.2) is 48.1 Å². The molecule has 8 heteroatoms. The largest absolute Gasteiger partial charge is 0.356 e. The lowest BCUT2D eigenvalue weighted by Gasteiger charge is -2.23. The molecule has 162 valence electrons. The van der Waals surface area contributed by atoms with Crippen LogP contribution in [-0.2, 0) is 20.7 Å². The quantitative estimate of drug-likeness (QED) is 0.212. The number of amides is 2. The number of hydroxylamine groups is 1. The number of aromatic nitrogens is 1. The lowest BCUT2D eigenvalue weighted by molar-refractivity contribution is -0.134. The van der Waals surface area contributed by atoms with Crippen LogP contribution in [0.4, 0.5) is 0 Å². The second-order valence-electron chi connectivity index (χ2n) is 6.94. The summed E-state index contributed by atoms with van der Waals surface area (Å²) >= 11 is 0. The molecular formula is C22H29N3O5. The molecule has 3 N–H and O–H groups in total. The fourth-order valence-electron chi connectivity index (χ4n) is 2.99. The number of benzene rings is 1. The van der Waals surface area contributed by atoms with Crippen molar-refractivity contribution in [3.05, 3.63) is 65.5 Å². The molecule has 2 rings (SSSR count). The van der Waals surface area contributed by atoms with E-state index in [0.717, 1.165) is 11.3 Å². The maximum atomic E-state index is 12.6. The van der Waals surface area contributed by atoms with Crippen LogP contribution >= 0.6 is 0 Å². The van der Waals surface area contributed by atoms with E-state index >= 15 is 0 Å². The van der Waals surface area contributed by atoms with Crippen molar-refractivity contribution in [2.75, 3.05) is 20.0 Å². The molecule has 8 nitrogen and oxygen atoms in total. The first-order valence-corrected chi connectivity index (χ1v) is 9.90. The molecule has 0 saturated heterocycles. The molecule has 0 aliphatic rings. The van der Waals surface area contributed by atoms with Crippen molar-refractivity contribution < 1.29 is 24.3 Å². The maximum absolute atomic E-state index is 12.6. The van der Waals surface area contributed by atoms with Crippen LogP contribution in [0.1, 0.15) is 35.0 Å². The summed E-state index contributed by atoms with van der Waals surface area (Å²) in [7, 11) is 0. The molecule has 1 heterocycles. The van der Waals surface area contributed by atoms with Crippen LogP contribution in [0.15, 0.2) is 48.7 Å². The number of hydrogen-bond donors (Lipinski definition) is 3. The third kappa shape index (κ3) is 7.90. The van der Waals surface area contributed by atoms with Crippen LogP contribution in [0.25, 0.3) is 0 Å². The number of ether oxygens (including phenoxy) is 2. The Labute approximate surface area is 176 Å². The average Bonchev–Trinajstić information content (AvgIpc) is 2.76. The van der Waals surface area contributed by atoms with E-state index in [9.17, 15) is 14.8 Å². The lowest BCUT2D eigenvalue weighted by Crippen LogP contribution is -2.42. The van der Waals surface area contributed by atoms with E-state index in [1.165, 1.54) is 6.20 Å². The predicted molar refractivity (Wildman–Crippen MR) is 111 cm³/mol. The van der Waals surface area contributed by atoms with Gasteiger partial charge in [0, 0.05) is 24.4 Å². The molecule has 1 aromatic heterocycles. The topological polar surface area (TPSA) is 110 Å². The highest BCUT2D eigenvalue weighted by atomic mass is 16.7. The molecule has 1 aromatic carbocycles. The molecule has 0 bridgehead atoms. The molecule has 0 unspecified atom stereocenters. The number of aryl methyl sites for hydroxylation is 1. The Morgan fingerprint density at radius 2 is 1.90 bits per heavy atom. The van der Waals surface area contributed by atoms with E-state index in [1.807, 2.05) is 44.2 Å². The van der Waals surface area contributed by atoms with E-state index in [2.05, 4.69) is 10.3 Å². The summed E-state index contributed by atoms with van der Waals surface area (Å²) in [5.41, 5.74) is 3.91. The van der Waals surface area contributed by atoms with Crippen molar-refractivity contribution in [1.29, 1.82) is 0 Å². The fourth-order valence-corrected chi connectivity index (χ4v) is 2.99. The third-order valence-corrected chi connectivity index (χ3v) is 4.57. The minimum absolute atomic E-state index is 0.0878. The van der Waals surface area contributed by atoms with Gasteiger partial charge in [0.1, 0.15) is 6.79 Å². The van der Waals surface area contributed by atoms with Crippen LogP contribution < -0.4 is 10.8 Å². The van der Waals surface area contributed by atoms with Crippen LogP contribution in [0.5, 0.6) is 0 Å². The standard InChI is InChI=1S/C22H29N3O5/c1-3-29-15-30-14-20(24-21(26)18-10-9-16(2)23-13-18)12-19(22(27)25-28)11-17-7-5-4-6-8-17/h4-10,13,19-20,28H,3,11-12,14-15H2,1-2H3,(H,24,26)(H,25,27)/t19-,20-/m0/s1. The molecule has 2 amide bonds. The van der Waals surface area contributed by atoms with E-state index < -0.39 is 17.9 Å². The minimum atomic E-state index is -0.561. The Balaban J connectivity index is 2.10. The predicted octanol–water partition coefficient (Wildman–Crippen LogP) is 2.25. The number of nitrogens with one attached hydrogen (secondary N) is 2. The fraction of sp³-hybridized carbons (Fsp3) is 0.409. The second kappa shape index (κ2) is 12.7. The Morgan fingerprint density at radius 3 is 2.53 bits per heavy atom. The van der Waals surface area contributed by atoms with E-state index in [1.54, 1.807) is 17.6 Å². The number of carbonyl (C=O) groups is 2. The van der Waals surface area contributed by atoms with Gasteiger partial charge in [-0.05, 0) is 44.4 Å². The summed E-state index contributed by atoms with van der Waals surface area (Å²) in [6.45, 7) is 4.46. The third-order valence-electron chi connectivity index (χ3n) is 4.57. The molecule has 0 fully saturated rings. The Hall–Kier alpha value is -2.81. The number of rotatable bonds is 12. The van der Waals surface area contributed by atoms with Crippen LogP contribution in [0.3, 0.4) is 0 Å². The highest BCUT2D eigenvalue weighted by Crippen LogP contribution is 2.16. The smallest absolute Gasteiger partial charge is 0.253 e. The van der Waals surface area contributed by atoms with Gasteiger partial charge >= 0.3 is 0 Å². The van der Waals surface area contributed by atoms with Gasteiger partial charge in [-0.1, -0.05) is 30.3 Å². The Bertz CT molecular complexity index is 783. The van der Waals surface area contributed by atoms with E-state index in [4.69, 9.17) is 9.47 Å². The van der Waals surface area contributed by atoms with Gasteiger partial charge in [-0.3, -0.25) is 19.8 Å². The van der Waals surface area contributed by atoms with E-state index in [-0.39, 0.29) is 25.7 Å². The molecular weight excluding hydrogens is 386 g/mol. The lowest BCUT2D eigenvalue weighted by atomic mass is 9.92. The summed E-state index contributed by atoms with van der Waals surface area (Å²) in [4.78, 5) is 29.1. The summed E-state index contributed by atoms with van der Waals surface area (Å²) < 4.78 is 10.7. The van der Waals surface area contributed by atoms with Gasteiger partial charge in [0.2, 0.25) is 5.91 Å². The second-order valence-corrected chi connectivity index (χ2v) is 6.94. The molecule has 0 spiro atoms. The van der Waals surface area contributed by atoms with Gasteiger partial charge in [0.15, 0.2) is 0 Å². The van der Waals surface area contributed by atoms with E-state index in [0.29, 0.717) is 18.6 Å². The monoisotopic (exact) mass is 415 g/mol. The van der Waals surface area contributed by atoms with Crippen molar-refractivity contribution >= 4 is 11.8 Å². The molecule has 0 radical (unpaired) electrons. The van der Waals surface area contributed by atoms with Crippen molar-refractivity contribution in [3.8, 4) is 0 Å². The summed E-state index contributed by atoms with van der Waals surface area (Å²) in [5.74, 6) is -1.38. The first kappa shape index (κ1) is 23.5. The SMILES string of the molecule is CCOCOC[C@H](C[C@H](Cc1ccccc1)C(=O)NO)NC(=O)c1ccc(C)nc1. The summed E-state index contributed by atoms with van der Waals surface area (Å²) in [6.07, 6.45) is 2.19. The molecule has 2 aromatic rings. The highest BCUT2D eigenvalue weighted by molar-refractivity contribution is 5.94. The van der Waals surface area contributed by atoms with Crippen LogP contribution in [0, 0.1) is 12.8 Å². The molecule has 0 saturated carbocycles. The van der Waals surface area contributed by atoms with Gasteiger partial charge in [-0.2, -0.15) is 0 Å². The van der Waals surface area contributed by atoms with Gasteiger partial charge in [-0.15, -0.1) is 0 Å². The number of carbonyl (C=O) groups excluding carboxylic acids is 2. The van der Waals surface area contributed by atoms with Crippen molar-refractivity contribution in [3.63, 3.8) is 0 Å². The van der Waals surface area contributed by atoms with Crippen molar-refractivity contribution in [1.82, 2.24) is 15.8 Å². The Morgan fingerprint density at radius 1 is 1.13 bits per heavy atom. The maximum Gasteiger partial charge on any atom is 0.253 e. The first-order chi connectivity index (χ1) is 14.5. The molecule has 2 atom stereocenters.